The summed E-state index contributed by atoms with van der Waals surface area (Å²) >= 11 is 6.09. The summed E-state index contributed by atoms with van der Waals surface area (Å²) < 4.78 is 2.20. The molecule has 23 heavy (non-hydrogen) atoms. The molecule has 114 valence electrons. The molecule has 0 aliphatic heterocycles. The Hall–Kier alpha value is -2.92. The first-order valence-corrected chi connectivity index (χ1v) is 7.18. The van der Waals surface area contributed by atoms with Crippen molar-refractivity contribution in [2.45, 2.75) is 0 Å². The number of anilines is 1. The minimum absolute atomic E-state index is 0.132. The number of hydrogen-bond acceptors (Lipinski definition) is 3. The highest BCUT2D eigenvalue weighted by molar-refractivity contribution is 6.36. The molecular weight excluding hydrogens is 314 g/mol. The molecule has 5 nitrogen and oxygen atoms in total. The molecule has 2 aromatic carbocycles. The molecule has 0 radical (unpaired) electrons. The topological polar surface area (TPSA) is 55.2 Å². The zero-order chi connectivity index (χ0) is 16.2. The Bertz CT molecular complexity index is 832. The molecule has 1 amide bonds. The Labute approximate surface area is 137 Å². The predicted molar refractivity (Wildman–Crippen MR) is 87.7 cm³/mol. The molecule has 6 heteroatoms. The lowest BCUT2D eigenvalue weighted by atomic mass is 10.0. The summed E-state index contributed by atoms with van der Waals surface area (Å²) in [4.78, 5) is 28.5. The third kappa shape index (κ3) is 3.14. The first-order chi connectivity index (χ1) is 11.2. The molecule has 0 bridgehead atoms. The van der Waals surface area contributed by atoms with Crippen LogP contribution < -0.4 is 4.42 Å². The van der Waals surface area contributed by atoms with Crippen molar-refractivity contribution < 1.29 is 9.59 Å². The van der Waals surface area contributed by atoms with Crippen molar-refractivity contribution in [3.8, 4) is 0 Å². The standard InChI is InChI=1S/C17H12ClN3O2/c18-21(17(23)20-10-9-19-12-20)15-8-4-7-14(11-15)16(22)13-5-2-1-3-6-13/h1-12H. The number of carbonyl (C=O) groups excluding carboxylic acids is 2. The van der Waals surface area contributed by atoms with Crippen molar-refractivity contribution >= 4 is 29.3 Å². The van der Waals surface area contributed by atoms with Crippen molar-refractivity contribution in [3.05, 3.63) is 84.4 Å². The fourth-order valence-corrected chi connectivity index (χ4v) is 2.30. The van der Waals surface area contributed by atoms with Gasteiger partial charge >= 0.3 is 6.03 Å². The van der Waals surface area contributed by atoms with Crippen LogP contribution in [-0.2, 0) is 0 Å². The van der Waals surface area contributed by atoms with Gasteiger partial charge < -0.3 is 0 Å². The van der Waals surface area contributed by atoms with E-state index < -0.39 is 6.03 Å². The number of nitrogens with zero attached hydrogens (tertiary/aromatic N) is 3. The number of benzene rings is 2. The number of hydrogen-bond donors (Lipinski definition) is 0. The molecule has 1 aromatic heterocycles. The van der Waals surface area contributed by atoms with Crippen LogP contribution in [0.5, 0.6) is 0 Å². The second kappa shape index (κ2) is 6.46. The van der Waals surface area contributed by atoms with Gasteiger partial charge in [-0.3, -0.25) is 9.36 Å². The van der Waals surface area contributed by atoms with Gasteiger partial charge in [0, 0.05) is 35.3 Å². The van der Waals surface area contributed by atoms with Crippen molar-refractivity contribution in [1.29, 1.82) is 0 Å². The SMILES string of the molecule is O=C(c1ccccc1)c1cccc(N(Cl)C(=O)n2ccnc2)c1. The summed E-state index contributed by atoms with van der Waals surface area (Å²) in [5, 5.41) is 0. The van der Waals surface area contributed by atoms with Gasteiger partial charge in [0.25, 0.3) is 0 Å². The van der Waals surface area contributed by atoms with E-state index in [0.29, 0.717) is 16.8 Å². The summed E-state index contributed by atoms with van der Waals surface area (Å²) in [7, 11) is 0. The lowest BCUT2D eigenvalue weighted by molar-refractivity contribution is 0.103. The number of amides is 1. The third-order valence-electron chi connectivity index (χ3n) is 3.26. The minimum atomic E-state index is -0.478. The quantitative estimate of drug-likeness (QED) is 0.544. The highest BCUT2D eigenvalue weighted by Gasteiger charge is 2.17. The van der Waals surface area contributed by atoms with Crippen LogP contribution in [0.15, 0.2) is 73.3 Å². The number of rotatable bonds is 3. The van der Waals surface area contributed by atoms with Crippen molar-refractivity contribution in [2.24, 2.45) is 0 Å². The smallest absolute Gasteiger partial charge is 0.289 e. The van der Waals surface area contributed by atoms with Crippen LogP contribution in [0.4, 0.5) is 10.5 Å². The highest BCUT2D eigenvalue weighted by atomic mass is 35.5. The molecule has 0 aliphatic rings. The monoisotopic (exact) mass is 325 g/mol. The van der Waals surface area contributed by atoms with E-state index in [1.165, 1.54) is 23.3 Å². The van der Waals surface area contributed by atoms with Crippen molar-refractivity contribution in [3.63, 3.8) is 0 Å². The maximum Gasteiger partial charge on any atom is 0.348 e. The molecule has 0 fully saturated rings. The molecule has 0 aliphatic carbocycles. The van der Waals surface area contributed by atoms with E-state index in [2.05, 4.69) is 4.98 Å². The van der Waals surface area contributed by atoms with Gasteiger partial charge in [-0.25, -0.2) is 14.2 Å². The Balaban J connectivity index is 1.88. The molecule has 3 rings (SSSR count). The van der Waals surface area contributed by atoms with Crippen molar-refractivity contribution in [1.82, 2.24) is 9.55 Å². The van der Waals surface area contributed by atoms with E-state index in [1.807, 2.05) is 6.07 Å². The van der Waals surface area contributed by atoms with Gasteiger partial charge in [-0.1, -0.05) is 42.5 Å². The van der Waals surface area contributed by atoms with Gasteiger partial charge in [0.1, 0.15) is 6.33 Å². The molecule has 0 atom stereocenters. The Morgan fingerprint density at radius 2 is 1.74 bits per heavy atom. The van der Waals surface area contributed by atoms with Gasteiger partial charge in [0.15, 0.2) is 5.78 Å². The normalized spacial score (nSPS) is 10.3. The summed E-state index contributed by atoms with van der Waals surface area (Å²) in [6.45, 7) is 0. The molecule has 1 heterocycles. The second-order valence-corrected chi connectivity index (χ2v) is 5.12. The Morgan fingerprint density at radius 3 is 2.43 bits per heavy atom. The average molecular weight is 326 g/mol. The van der Waals surface area contributed by atoms with E-state index in [-0.39, 0.29) is 5.78 Å². The fourth-order valence-electron chi connectivity index (χ4n) is 2.11. The molecule has 0 unspecified atom stereocenters. The second-order valence-electron chi connectivity index (χ2n) is 4.78. The number of aromatic nitrogens is 2. The molecule has 3 aromatic rings. The van der Waals surface area contributed by atoms with Crippen LogP contribution in [0.2, 0.25) is 0 Å². The number of ketones is 1. The predicted octanol–water partition coefficient (Wildman–Crippen LogP) is 3.74. The summed E-state index contributed by atoms with van der Waals surface area (Å²) in [5.74, 6) is -0.132. The molecule has 0 N–H and O–H groups in total. The third-order valence-corrected chi connectivity index (χ3v) is 3.60. The van der Waals surface area contributed by atoms with Crippen LogP contribution >= 0.6 is 11.8 Å². The largest absolute Gasteiger partial charge is 0.348 e. The lowest BCUT2D eigenvalue weighted by Gasteiger charge is -2.14. The van der Waals surface area contributed by atoms with Crippen LogP contribution in [0.3, 0.4) is 0 Å². The highest BCUT2D eigenvalue weighted by Crippen LogP contribution is 2.21. The van der Waals surface area contributed by atoms with E-state index >= 15 is 0 Å². The molecular formula is C17H12ClN3O2. The van der Waals surface area contributed by atoms with Gasteiger partial charge in [-0.05, 0) is 12.1 Å². The number of halogens is 1. The minimum Gasteiger partial charge on any atom is -0.289 e. The van der Waals surface area contributed by atoms with Crippen molar-refractivity contribution in [2.75, 3.05) is 4.42 Å². The average Bonchev–Trinajstić information content (AvgIpc) is 3.15. The lowest BCUT2D eigenvalue weighted by Crippen LogP contribution is -2.25. The molecule has 0 spiro atoms. The van der Waals surface area contributed by atoms with Crippen LogP contribution in [0.1, 0.15) is 15.9 Å². The molecule has 0 saturated heterocycles. The van der Waals surface area contributed by atoms with Gasteiger partial charge in [0.2, 0.25) is 0 Å². The zero-order valence-electron chi connectivity index (χ0n) is 12.0. The van der Waals surface area contributed by atoms with E-state index in [4.69, 9.17) is 11.8 Å². The number of carbonyl (C=O) groups is 2. The van der Waals surface area contributed by atoms with E-state index in [9.17, 15) is 9.59 Å². The summed E-state index contributed by atoms with van der Waals surface area (Å²) in [6.07, 6.45) is 4.34. The Morgan fingerprint density at radius 1 is 1.00 bits per heavy atom. The van der Waals surface area contributed by atoms with Crippen LogP contribution in [-0.4, -0.2) is 21.4 Å². The van der Waals surface area contributed by atoms with Crippen LogP contribution in [0, 0.1) is 0 Å². The van der Waals surface area contributed by atoms with E-state index in [0.717, 1.165) is 4.42 Å². The maximum atomic E-state index is 12.5. The first kappa shape index (κ1) is 15.0. The summed E-state index contributed by atoms with van der Waals surface area (Å²) in [6, 6.07) is 15.1. The van der Waals surface area contributed by atoms with Gasteiger partial charge in [0.05, 0.1) is 5.69 Å². The van der Waals surface area contributed by atoms with E-state index in [1.54, 1.807) is 48.5 Å². The zero-order valence-corrected chi connectivity index (χ0v) is 12.7. The summed E-state index contributed by atoms with van der Waals surface area (Å²) in [5.41, 5.74) is 1.44. The van der Waals surface area contributed by atoms with Gasteiger partial charge in [-0.15, -0.1) is 0 Å². The number of imidazole rings is 1. The molecule has 0 saturated carbocycles. The Kier molecular flexibility index (Phi) is 4.21. The maximum absolute atomic E-state index is 12.5. The fraction of sp³-hybridized carbons (Fsp3) is 0. The van der Waals surface area contributed by atoms with Gasteiger partial charge in [-0.2, -0.15) is 0 Å². The first-order valence-electron chi connectivity index (χ1n) is 6.85. The van der Waals surface area contributed by atoms with Crippen LogP contribution in [0.25, 0.3) is 0 Å².